The monoisotopic (exact) mass is 199 g/mol. The van der Waals surface area contributed by atoms with E-state index in [1.807, 2.05) is 24.3 Å². The number of rotatable bonds is 2. The molecule has 1 aromatic carbocycles. The third-order valence-electron chi connectivity index (χ3n) is 2.17. The van der Waals surface area contributed by atoms with E-state index in [-0.39, 0.29) is 5.69 Å². The smallest absolute Gasteiger partial charge is 0.312 e. The van der Waals surface area contributed by atoms with Gasteiger partial charge in [-0.1, -0.05) is 18.2 Å². The van der Waals surface area contributed by atoms with Crippen molar-refractivity contribution in [3.05, 3.63) is 52.7 Å². The van der Waals surface area contributed by atoms with Crippen LogP contribution in [0.15, 0.2) is 41.5 Å². The number of nitrogens with zero attached hydrogens (tertiary/aromatic N) is 2. The second-order valence-electron chi connectivity index (χ2n) is 3.10. The van der Waals surface area contributed by atoms with E-state index in [1.165, 1.54) is 4.57 Å². The fourth-order valence-electron chi connectivity index (χ4n) is 1.49. The second-order valence-corrected chi connectivity index (χ2v) is 3.10. The Hall–Kier alpha value is -2.28. The topological polar surface area (TPSA) is 61.6 Å². The molecule has 0 aliphatic carbocycles. The molecule has 1 N–H and O–H groups in total. The highest BCUT2D eigenvalue weighted by atomic mass is 16.1. The van der Waals surface area contributed by atoms with Gasteiger partial charge >= 0.3 is 5.69 Å². The maximum absolute atomic E-state index is 11.4. The fourth-order valence-corrected chi connectivity index (χ4v) is 1.49. The summed E-state index contributed by atoms with van der Waals surface area (Å²) >= 11 is 0. The van der Waals surface area contributed by atoms with Crippen LogP contribution in [-0.4, -0.2) is 9.55 Å². The van der Waals surface area contributed by atoms with Gasteiger partial charge in [0.05, 0.1) is 18.2 Å². The third-order valence-corrected chi connectivity index (χ3v) is 2.17. The Morgan fingerprint density at radius 3 is 2.87 bits per heavy atom. The van der Waals surface area contributed by atoms with E-state index in [9.17, 15) is 4.79 Å². The standard InChI is InChI=1S/C11H9N3O/c12-6-5-9-3-1-2-4-10(9)14-8-7-13-11(14)15/h1-4,7-8H,5H2,(H,13,15). The molecule has 0 atom stereocenters. The molecule has 2 aromatic rings. The van der Waals surface area contributed by atoms with Crippen molar-refractivity contribution in [2.75, 3.05) is 0 Å². The average Bonchev–Trinajstić information content (AvgIpc) is 2.66. The van der Waals surface area contributed by atoms with E-state index in [0.717, 1.165) is 11.3 Å². The Morgan fingerprint density at radius 2 is 2.20 bits per heavy atom. The minimum Gasteiger partial charge on any atom is -0.312 e. The summed E-state index contributed by atoms with van der Waals surface area (Å²) < 4.78 is 1.49. The van der Waals surface area contributed by atoms with Gasteiger partial charge in [0, 0.05) is 12.4 Å². The normalized spacial score (nSPS) is 9.80. The maximum Gasteiger partial charge on any atom is 0.330 e. The molecule has 15 heavy (non-hydrogen) atoms. The molecule has 4 heteroatoms. The SMILES string of the molecule is N#CCc1ccccc1-n1cc[nH]c1=O. The lowest BCUT2D eigenvalue weighted by Gasteiger charge is -2.05. The molecule has 0 aliphatic heterocycles. The van der Waals surface area contributed by atoms with E-state index < -0.39 is 0 Å². The molecule has 0 unspecified atom stereocenters. The number of para-hydroxylation sites is 1. The van der Waals surface area contributed by atoms with Crippen molar-refractivity contribution in [2.24, 2.45) is 0 Å². The third kappa shape index (κ3) is 1.67. The van der Waals surface area contributed by atoms with Crippen LogP contribution in [0.4, 0.5) is 0 Å². The van der Waals surface area contributed by atoms with Gasteiger partial charge in [0.2, 0.25) is 0 Å². The largest absolute Gasteiger partial charge is 0.330 e. The quantitative estimate of drug-likeness (QED) is 0.790. The highest BCUT2D eigenvalue weighted by Gasteiger charge is 2.04. The highest BCUT2D eigenvalue weighted by molar-refractivity contribution is 5.42. The molecule has 0 amide bonds. The van der Waals surface area contributed by atoms with E-state index in [1.54, 1.807) is 12.4 Å². The van der Waals surface area contributed by atoms with Gasteiger partial charge in [0.15, 0.2) is 0 Å². The van der Waals surface area contributed by atoms with E-state index in [0.29, 0.717) is 6.42 Å². The fraction of sp³-hybridized carbons (Fsp3) is 0.0909. The molecular weight excluding hydrogens is 190 g/mol. The first-order valence-electron chi connectivity index (χ1n) is 4.54. The number of hydrogen-bond donors (Lipinski definition) is 1. The van der Waals surface area contributed by atoms with Crippen LogP contribution in [0, 0.1) is 11.3 Å². The van der Waals surface area contributed by atoms with Gasteiger partial charge in [-0.05, 0) is 11.6 Å². The summed E-state index contributed by atoms with van der Waals surface area (Å²) in [5.41, 5.74) is 1.41. The predicted molar refractivity (Wildman–Crippen MR) is 55.7 cm³/mol. The molecule has 0 radical (unpaired) electrons. The van der Waals surface area contributed by atoms with Gasteiger partial charge in [-0.3, -0.25) is 4.57 Å². The summed E-state index contributed by atoms with van der Waals surface area (Å²) in [5.74, 6) is 0. The summed E-state index contributed by atoms with van der Waals surface area (Å²) in [4.78, 5) is 14.0. The van der Waals surface area contributed by atoms with Crippen molar-refractivity contribution >= 4 is 0 Å². The molecule has 2 rings (SSSR count). The van der Waals surface area contributed by atoms with Crippen LogP contribution >= 0.6 is 0 Å². The highest BCUT2D eigenvalue weighted by Crippen LogP contribution is 2.12. The summed E-state index contributed by atoms with van der Waals surface area (Å²) in [6, 6.07) is 9.44. The van der Waals surface area contributed by atoms with Crippen LogP contribution in [0.25, 0.3) is 5.69 Å². The van der Waals surface area contributed by atoms with Crippen LogP contribution in [-0.2, 0) is 6.42 Å². The Bertz CT molecular complexity index is 559. The van der Waals surface area contributed by atoms with Crippen molar-refractivity contribution in [1.29, 1.82) is 5.26 Å². The molecule has 4 nitrogen and oxygen atoms in total. The minimum atomic E-state index is -0.194. The second kappa shape index (κ2) is 3.84. The Morgan fingerprint density at radius 1 is 1.40 bits per heavy atom. The lowest BCUT2D eigenvalue weighted by atomic mass is 10.1. The van der Waals surface area contributed by atoms with E-state index >= 15 is 0 Å². The predicted octanol–water partition coefficient (Wildman–Crippen LogP) is 1.23. The number of hydrogen-bond acceptors (Lipinski definition) is 2. The zero-order chi connectivity index (χ0) is 10.7. The molecule has 0 saturated heterocycles. The molecule has 0 fully saturated rings. The first-order valence-corrected chi connectivity index (χ1v) is 4.54. The summed E-state index contributed by atoms with van der Waals surface area (Å²) in [5, 5.41) is 8.67. The number of nitriles is 1. The lowest BCUT2D eigenvalue weighted by molar-refractivity contribution is 0.967. The van der Waals surface area contributed by atoms with Crippen LogP contribution in [0.3, 0.4) is 0 Å². The van der Waals surface area contributed by atoms with Crippen molar-refractivity contribution in [2.45, 2.75) is 6.42 Å². The zero-order valence-electron chi connectivity index (χ0n) is 7.97. The molecule has 0 bridgehead atoms. The number of imidazole rings is 1. The molecule has 0 spiro atoms. The van der Waals surface area contributed by atoms with E-state index in [2.05, 4.69) is 11.1 Å². The summed E-state index contributed by atoms with van der Waals surface area (Å²) in [6.45, 7) is 0. The maximum atomic E-state index is 11.4. The number of benzene rings is 1. The Kier molecular flexibility index (Phi) is 2.38. The number of H-pyrrole nitrogens is 1. The molecule has 1 aromatic heterocycles. The summed E-state index contributed by atoms with van der Waals surface area (Å²) in [6.07, 6.45) is 3.53. The molecular formula is C11H9N3O. The molecule has 0 saturated carbocycles. The van der Waals surface area contributed by atoms with Gasteiger partial charge < -0.3 is 4.98 Å². The van der Waals surface area contributed by atoms with Gasteiger partial charge in [-0.2, -0.15) is 5.26 Å². The number of aromatic amines is 1. The van der Waals surface area contributed by atoms with Gasteiger partial charge in [0.1, 0.15) is 0 Å². The average molecular weight is 199 g/mol. The Labute approximate surface area is 86.4 Å². The van der Waals surface area contributed by atoms with E-state index in [4.69, 9.17) is 5.26 Å². The first kappa shape index (κ1) is 9.28. The number of nitrogens with one attached hydrogen (secondary N) is 1. The van der Waals surface area contributed by atoms with Crippen LogP contribution in [0.2, 0.25) is 0 Å². The van der Waals surface area contributed by atoms with Crippen molar-refractivity contribution in [1.82, 2.24) is 9.55 Å². The summed E-state index contributed by atoms with van der Waals surface area (Å²) in [7, 11) is 0. The molecule has 0 aliphatic rings. The van der Waals surface area contributed by atoms with Gasteiger partial charge in [-0.25, -0.2) is 4.79 Å². The Balaban J connectivity index is 2.59. The molecule has 1 heterocycles. The molecule has 74 valence electrons. The minimum absolute atomic E-state index is 0.194. The van der Waals surface area contributed by atoms with Crippen LogP contribution < -0.4 is 5.69 Å². The van der Waals surface area contributed by atoms with Gasteiger partial charge in [0.25, 0.3) is 0 Å². The lowest BCUT2D eigenvalue weighted by Crippen LogP contribution is -2.15. The van der Waals surface area contributed by atoms with Crippen LogP contribution in [0.1, 0.15) is 5.56 Å². The van der Waals surface area contributed by atoms with Crippen molar-refractivity contribution < 1.29 is 0 Å². The van der Waals surface area contributed by atoms with Crippen molar-refractivity contribution in [3.63, 3.8) is 0 Å². The first-order chi connectivity index (χ1) is 7.33. The zero-order valence-corrected chi connectivity index (χ0v) is 7.97. The van der Waals surface area contributed by atoms with Gasteiger partial charge in [-0.15, -0.1) is 0 Å². The number of aromatic nitrogens is 2. The van der Waals surface area contributed by atoms with Crippen molar-refractivity contribution in [3.8, 4) is 11.8 Å². The van der Waals surface area contributed by atoms with Crippen LogP contribution in [0.5, 0.6) is 0 Å².